The first-order valence-electron chi connectivity index (χ1n) is 11.4. The quantitative estimate of drug-likeness (QED) is 0.116. The molecule has 0 radical (unpaired) electrons. The summed E-state index contributed by atoms with van der Waals surface area (Å²) in [7, 11) is 3.10. The first-order valence-corrected chi connectivity index (χ1v) is 12.2. The van der Waals surface area contributed by atoms with Gasteiger partial charge in [0.05, 0.1) is 19.1 Å². The number of aliphatic carboxylic acids is 1. The van der Waals surface area contributed by atoms with Crippen molar-refractivity contribution in [2.45, 2.75) is 25.5 Å². The number of ether oxygens (including phenoxy) is 2. The van der Waals surface area contributed by atoms with Crippen molar-refractivity contribution in [2.24, 2.45) is 0 Å². The molecule has 4 aromatic rings. The molecule has 0 aliphatic heterocycles. The minimum atomic E-state index is -1.17. The van der Waals surface area contributed by atoms with Crippen LogP contribution in [0.5, 0.6) is 11.5 Å². The minimum absolute atomic E-state index is 0.0430. The zero-order valence-corrected chi connectivity index (χ0v) is 21.8. The van der Waals surface area contributed by atoms with Gasteiger partial charge in [-0.25, -0.2) is 4.79 Å². The number of non-ortho nitro benzene ring substituents is 1. The largest absolute Gasteiger partial charge is 0.497 e. The van der Waals surface area contributed by atoms with Gasteiger partial charge in [-0.15, -0.1) is 10.2 Å². The molecule has 2 heterocycles. The van der Waals surface area contributed by atoms with Gasteiger partial charge in [0, 0.05) is 41.9 Å². The summed E-state index contributed by atoms with van der Waals surface area (Å²) in [6.07, 6.45) is 1.38. The molecule has 12 heteroatoms. The van der Waals surface area contributed by atoms with Gasteiger partial charge in [0.25, 0.3) is 5.69 Å². The number of furan rings is 1. The molecular weight excluding hydrogens is 512 g/mol. The van der Waals surface area contributed by atoms with E-state index < -0.39 is 10.9 Å². The molecule has 0 aliphatic carbocycles. The Hall–Kier alpha value is -4.58. The molecule has 38 heavy (non-hydrogen) atoms. The third-order valence-corrected chi connectivity index (χ3v) is 6.65. The molecular formula is C26H24N4O7S. The smallest absolute Gasteiger partial charge is 0.342 e. The Balaban J connectivity index is 1.67. The maximum Gasteiger partial charge on any atom is 0.342 e. The van der Waals surface area contributed by atoms with Gasteiger partial charge < -0.3 is 23.6 Å². The third-order valence-electron chi connectivity index (χ3n) is 5.65. The van der Waals surface area contributed by atoms with Crippen molar-refractivity contribution < 1.29 is 28.7 Å². The van der Waals surface area contributed by atoms with Crippen molar-refractivity contribution in [2.75, 3.05) is 14.2 Å². The van der Waals surface area contributed by atoms with E-state index in [1.807, 2.05) is 13.8 Å². The number of carboxylic acids is 1. The van der Waals surface area contributed by atoms with Crippen LogP contribution in [0.4, 0.5) is 5.69 Å². The van der Waals surface area contributed by atoms with Crippen LogP contribution in [0.15, 0.2) is 63.0 Å². The number of carbonyl (C=O) groups is 1. The number of carboxylic acid groups (broad SMARTS) is 1. The van der Waals surface area contributed by atoms with Crippen LogP contribution in [-0.4, -0.2) is 45.0 Å². The predicted molar refractivity (Wildman–Crippen MR) is 141 cm³/mol. The second-order valence-electron chi connectivity index (χ2n) is 8.03. The van der Waals surface area contributed by atoms with Crippen LogP contribution in [-0.2, 0) is 11.3 Å². The van der Waals surface area contributed by atoms with Crippen molar-refractivity contribution in [1.29, 1.82) is 0 Å². The van der Waals surface area contributed by atoms with E-state index in [4.69, 9.17) is 13.9 Å². The highest BCUT2D eigenvalue weighted by molar-refractivity contribution is 8.04. The molecule has 1 N–H and O–H groups in total. The number of aryl methyl sites for hydroxylation is 1. The molecule has 0 spiro atoms. The van der Waals surface area contributed by atoms with E-state index in [1.54, 1.807) is 55.2 Å². The highest BCUT2D eigenvalue weighted by Gasteiger charge is 2.20. The second-order valence-corrected chi connectivity index (χ2v) is 9.04. The van der Waals surface area contributed by atoms with Crippen LogP contribution in [0.2, 0.25) is 0 Å². The Morgan fingerprint density at radius 1 is 1.13 bits per heavy atom. The fourth-order valence-corrected chi connectivity index (χ4v) is 4.59. The monoisotopic (exact) mass is 536 g/mol. The summed E-state index contributed by atoms with van der Waals surface area (Å²) in [6, 6.07) is 13.1. The van der Waals surface area contributed by atoms with Crippen molar-refractivity contribution in [3.63, 3.8) is 0 Å². The van der Waals surface area contributed by atoms with Gasteiger partial charge in [0.2, 0.25) is 0 Å². The van der Waals surface area contributed by atoms with Crippen molar-refractivity contribution in [3.05, 3.63) is 74.9 Å². The zero-order chi connectivity index (χ0) is 27.4. The molecule has 0 saturated heterocycles. The summed E-state index contributed by atoms with van der Waals surface area (Å²) >= 11 is 0.932. The number of hydrogen-bond acceptors (Lipinski definition) is 9. The molecule has 0 unspecified atom stereocenters. The lowest BCUT2D eigenvalue weighted by atomic mass is 10.1. The Labute approximate surface area is 221 Å². The topological polar surface area (TPSA) is 143 Å². The second kappa shape index (κ2) is 11.2. The number of benzene rings is 2. The Morgan fingerprint density at radius 3 is 2.45 bits per heavy atom. The van der Waals surface area contributed by atoms with Crippen LogP contribution >= 0.6 is 11.8 Å². The SMILES string of the molecule is CCn1c(S/C(=C\c2ccc(-c3cc([N+](=O)[O-])ccc3C)o2)C(=O)O)nnc1-c1cc(OC)cc(OC)c1. The molecule has 2 aromatic carbocycles. The van der Waals surface area contributed by atoms with Crippen LogP contribution < -0.4 is 9.47 Å². The van der Waals surface area contributed by atoms with Gasteiger partial charge >= 0.3 is 5.97 Å². The number of aromatic nitrogens is 3. The Bertz CT molecular complexity index is 1520. The van der Waals surface area contributed by atoms with E-state index in [0.717, 1.165) is 17.3 Å². The number of rotatable bonds is 10. The fraction of sp³-hybridized carbons (Fsp3) is 0.192. The highest BCUT2D eigenvalue weighted by atomic mass is 32.2. The first-order chi connectivity index (χ1) is 18.2. The summed E-state index contributed by atoms with van der Waals surface area (Å²) in [5.41, 5.74) is 1.97. The number of methoxy groups -OCH3 is 2. The Morgan fingerprint density at radius 2 is 1.84 bits per heavy atom. The van der Waals surface area contributed by atoms with E-state index in [1.165, 1.54) is 18.2 Å². The molecule has 0 amide bonds. The summed E-state index contributed by atoms with van der Waals surface area (Å²) < 4.78 is 18.3. The molecule has 196 valence electrons. The normalized spacial score (nSPS) is 11.4. The standard InChI is InChI=1S/C26H24N4O7S/c1-5-29-24(16-10-19(35-3)13-20(11-16)36-4)27-28-26(29)38-23(25(31)32)14-18-8-9-22(37-18)21-12-17(30(33)34)7-6-15(21)2/h6-14H,5H2,1-4H3,(H,31,32)/b23-14-. The summed E-state index contributed by atoms with van der Waals surface area (Å²) in [6.45, 7) is 4.19. The molecule has 0 saturated carbocycles. The highest BCUT2D eigenvalue weighted by Crippen LogP contribution is 2.35. The number of hydrogen-bond donors (Lipinski definition) is 1. The number of nitro benzene ring substituents is 1. The molecule has 0 atom stereocenters. The van der Waals surface area contributed by atoms with E-state index in [9.17, 15) is 20.0 Å². The Kier molecular flexibility index (Phi) is 7.82. The maximum absolute atomic E-state index is 12.1. The molecule has 11 nitrogen and oxygen atoms in total. The van der Waals surface area contributed by atoms with E-state index in [2.05, 4.69) is 10.2 Å². The lowest BCUT2D eigenvalue weighted by Crippen LogP contribution is -2.03. The van der Waals surface area contributed by atoms with Crippen LogP contribution in [0.25, 0.3) is 28.8 Å². The van der Waals surface area contributed by atoms with Crippen molar-refractivity contribution >= 4 is 29.5 Å². The van der Waals surface area contributed by atoms with E-state index in [-0.39, 0.29) is 16.4 Å². The van der Waals surface area contributed by atoms with Crippen LogP contribution in [0, 0.1) is 17.0 Å². The molecule has 0 aliphatic rings. The third kappa shape index (κ3) is 5.54. The summed E-state index contributed by atoms with van der Waals surface area (Å²) in [4.78, 5) is 22.8. The van der Waals surface area contributed by atoms with Crippen molar-refractivity contribution in [3.8, 4) is 34.2 Å². The number of nitrogens with zero attached hydrogens (tertiary/aromatic N) is 4. The van der Waals surface area contributed by atoms with Crippen LogP contribution in [0.3, 0.4) is 0 Å². The number of nitro groups is 1. The molecule has 4 rings (SSSR count). The lowest BCUT2D eigenvalue weighted by molar-refractivity contribution is -0.384. The molecule has 0 fully saturated rings. The van der Waals surface area contributed by atoms with E-state index >= 15 is 0 Å². The maximum atomic E-state index is 12.1. The minimum Gasteiger partial charge on any atom is -0.497 e. The average molecular weight is 537 g/mol. The molecule has 0 bridgehead atoms. The first kappa shape index (κ1) is 26.5. The predicted octanol–water partition coefficient (Wildman–Crippen LogP) is 5.68. The lowest BCUT2D eigenvalue weighted by Gasteiger charge is -2.10. The van der Waals surface area contributed by atoms with Gasteiger partial charge in [-0.1, -0.05) is 6.07 Å². The average Bonchev–Trinajstić information content (AvgIpc) is 3.54. The van der Waals surface area contributed by atoms with Gasteiger partial charge in [-0.3, -0.25) is 10.1 Å². The summed E-state index contributed by atoms with van der Waals surface area (Å²) in [5.74, 6) is 1.18. The fourth-order valence-electron chi connectivity index (χ4n) is 3.73. The zero-order valence-electron chi connectivity index (χ0n) is 21.0. The van der Waals surface area contributed by atoms with E-state index in [0.29, 0.717) is 45.9 Å². The molecule has 2 aromatic heterocycles. The summed E-state index contributed by atoms with van der Waals surface area (Å²) in [5, 5.41) is 29.9. The van der Waals surface area contributed by atoms with Gasteiger partial charge in [0.15, 0.2) is 11.0 Å². The van der Waals surface area contributed by atoms with Crippen molar-refractivity contribution in [1.82, 2.24) is 14.8 Å². The van der Waals surface area contributed by atoms with Gasteiger partial charge in [0.1, 0.15) is 27.9 Å². The van der Waals surface area contributed by atoms with Crippen LogP contribution in [0.1, 0.15) is 18.2 Å². The number of thioether (sulfide) groups is 1. The van der Waals surface area contributed by atoms with Gasteiger partial charge in [-0.2, -0.15) is 0 Å². The van der Waals surface area contributed by atoms with Gasteiger partial charge in [-0.05, 0) is 55.4 Å².